The molecule has 0 saturated carbocycles. The molecule has 0 spiro atoms. The number of para-hydroxylation sites is 1. The normalized spacial score (nSPS) is 12.3. The van der Waals surface area contributed by atoms with Crippen LogP contribution in [0.2, 0.25) is 0 Å². The Balaban J connectivity index is 2.37. The van der Waals surface area contributed by atoms with E-state index in [1.165, 1.54) is 10.9 Å². The number of benzene rings is 1. The molecule has 2 N–H and O–H groups in total. The molecule has 2 rings (SSSR count). The minimum Gasteiger partial charge on any atom is -0.395 e. The number of fused-ring (bicyclic) bond motifs is 1. The quantitative estimate of drug-likeness (QED) is 0.815. The molecule has 0 aliphatic carbocycles. The van der Waals surface area contributed by atoms with Crippen LogP contribution in [-0.2, 0) is 4.79 Å². The summed E-state index contributed by atoms with van der Waals surface area (Å²) < 4.78 is 1.29. The zero-order chi connectivity index (χ0) is 13.8. The molecule has 1 atom stereocenters. The predicted molar refractivity (Wildman–Crippen MR) is 70.8 cm³/mol. The van der Waals surface area contributed by atoms with Gasteiger partial charge in [0.25, 0.3) is 5.56 Å². The van der Waals surface area contributed by atoms with Crippen LogP contribution in [0.4, 0.5) is 0 Å². The number of carbonyl (C=O) groups is 1. The lowest BCUT2D eigenvalue weighted by Crippen LogP contribution is -2.37. The Labute approximate surface area is 109 Å². The van der Waals surface area contributed by atoms with Crippen molar-refractivity contribution in [1.82, 2.24) is 14.9 Å². The molecule has 1 heterocycles. The Morgan fingerprint density at radius 1 is 1.47 bits per heavy atom. The molecule has 6 heteroatoms. The molecule has 6 nitrogen and oxygen atoms in total. The van der Waals surface area contributed by atoms with Gasteiger partial charge in [-0.3, -0.25) is 14.2 Å². The monoisotopic (exact) mass is 261 g/mol. The molecule has 19 heavy (non-hydrogen) atoms. The van der Waals surface area contributed by atoms with Crippen molar-refractivity contribution in [2.75, 3.05) is 13.2 Å². The highest BCUT2D eigenvalue weighted by Gasteiger charge is 2.16. The summed E-state index contributed by atoms with van der Waals surface area (Å²) in [5.41, 5.74) is 0.351. The van der Waals surface area contributed by atoms with Gasteiger partial charge in [-0.15, -0.1) is 0 Å². The molecule has 1 amide bonds. The van der Waals surface area contributed by atoms with Gasteiger partial charge in [-0.1, -0.05) is 12.1 Å². The molecule has 1 unspecified atom stereocenters. The first kappa shape index (κ1) is 13.2. The molecule has 0 radical (unpaired) electrons. The number of hydrogen-bond acceptors (Lipinski definition) is 4. The first-order valence-corrected chi connectivity index (χ1v) is 5.99. The van der Waals surface area contributed by atoms with Gasteiger partial charge in [0.15, 0.2) is 0 Å². The number of nitrogens with one attached hydrogen (secondary N) is 1. The highest BCUT2D eigenvalue weighted by molar-refractivity contribution is 5.81. The summed E-state index contributed by atoms with van der Waals surface area (Å²) >= 11 is 0. The Morgan fingerprint density at radius 2 is 2.21 bits per heavy atom. The smallest absolute Gasteiger partial charge is 0.261 e. The first-order valence-electron chi connectivity index (χ1n) is 5.99. The van der Waals surface area contributed by atoms with Crippen LogP contribution >= 0.6 is 0 Å². The highest BCUT2D eigenvalue weighted by atomic mass is 16.3. The average molecular weight is 261 g/mol. The van der Waals surface area contributed by atoms with Crippen molar-refractivity contribution in [1.29, 1.82) is 0 Å². The fourth-order valence-corrected chi connectivity index (χ4v) is 1.81. The van der Waals surface area contributed by atoms with E-state index >= 15 is 0 Å². The summed E-state index contributed by atoms with van der Waals surface area (Å²) in [5, 5.41) is 11.7. The lowest BCUT2D eigenvalue weighted by Gasteiger charge is -2.14. The zero-order valence-electron chi connectivity index (χ0n) is 10.5. The number of rotatable bonds is 4. The zero-order valence-corrected chi connectivity index (χ0v) is 10.5. The number of aliphatic hydroxyl groups is 1. The van der Waals surface area contributed by atoms with Gasteiger partial charge in [0.1, 0.15) is 6.04 Å². The minimum absolute atomic E-state index is 0.136. The van der Waals surface area contributed by atoms with Crippen LogP contribution in [0.5, 0.6) is 0 Å². The second kappa shape index (κ2) is 5.62. The molecule has 0 aliphatic heterocycles. The second-order valence-corrected chi connectivity index (χ2v) is 4.16. The summed E-state index contributed by atoms with van der Waals surface area (Å²) in [5.74, 6) is -0.326. The van der Waals surface area contributed by atoms with E-state index in [9.17, 15) is 9.59 Å². The van der Waals surface area contributed by atoms with Gasteiger partial charge in [-0.25, -0.2) is 4.98 Å². The summed E-state index contributed by atoms with van der Waals surface area (Å²) in [6.07, 6.45) is 1.37. The molecule has 100 valence electrons. The third-order valence-corrected chi connectivity index (χ3v) is 2.90. The van der Waals surface area contributed by atoms with Gasteiger partial charge < -0.3 is 10.4 Å². The van der Waals surface area contributed by atoms with E-state index in [1.807, 2.05) is 0 Å². The number of nitrogens with zero attached hydrogens (tertiary/aromatic N) is 2. The van der Waals surface area contributed by atoms with Crippen molar-refractivity contribution in [3.05, 3.63) is 40.9 Å². The van der Waals surface area contributed by atoms with E-state index in [0.717, 1.165) is 0 Å². The van der Waals surface area contributed by atoms with Crippen LogP contribution in [0, 0.1) is 0 Å². The molecule has 0 bridgehead atoms. The van der Waals surface area contributed by atoms with Crippen LogP contribution < -0.4 is 10.9 Å². The van der Waals surface area contributed by atoms with Gasteiger partial charge in [-0.2, -0.15) is 0 Å². The Bertz CT molecular complexity index is 651. The fraction of sp³-hybridized carbons (Fsp3) is 0.308. The van der Waals surface area contributed by atoms with Crippen LogP contribution in [0.15, 0.2) is 35.4 Å². The Hall–Kier alpha value is -2.21. The fourth-order valence-electron chi connectivity index (χ4n) is 1.81. The van der Waals surface area contributed by atoms with Gasteiger partial charge in [-0.05, 0) is 19.1 Å². The van der Waals surface area contributed by atoms with Gasteiger partial charge in [0.2, 0.25) is 5.91 Å². The third-order valence-electron chi connectivity index (χ3n) is 2.90. The first-order chi connectivity index (χ1) is 9.15. The van der Waals surface area contributed by atoms with Gasteiger partial charge >= 0.3 is 0 Å². The largest absolute Gasteiger partial charge is 0.395 e. The van der Waals surface area contributed by atoms with E-state index in [-0.39, 0.29) is 24.6 Å². The lowest BCUT2D eigenvalue weighted by molar-refractivity contribution is -0.124. The summed E-state index contributed by atoms with van der Waals surface area (Å²) in [7, 11) is 0. The predicted octanol–water partition coefficient (Wildman–Crippen LogP) is 0.0660. The van der Waals surface area contributed by atoms with Gasteiger partial charge in [0.05, 0.1) is 23.8 Å². The van der Waals surface area contributed by atoms with E-state index in [2.05, 4.69) is 10.3 Å². The highest BCUT2D eigenvalue weighted by Crippen LogP contribution is 2.08. The number of amides is 1. The van der Waals surface area contributed by atoms with E-state index in [0.29, 0.717) is 10.9 Å². The summed E-state index contributed by atoms with van der Waals surface area (Å²) in [6, 6.07) is 6.32. The van der Waals surface area contributed by atoms with Gasteiger partial charge in [0, 0.05) is 6.54 Å². The summed E-state index contributed by atoms with van der Waals surface area (Å²) in [4.78, 5) is 28.2. The van der Waals surface area contributed by atoms with Crippen LogP contribution in [0.1, 0.15) is 13.0 Å². The second-order valence-electron chi connectivity index (χ2n) is 4.16. The molecular weight excluding hydrogens is 246 g/mol. The minimum atomic E-state index is -0.670. The maximum atomic E-state index is 12.2. The van der Waals surface area contributed by atoms with Crippen LogP contribution in [0.3, 0.4) is 0 Å². The number of hydrogen-bond donors (Lipinski definition) is 2. The van der Waals surface area contributed by atoms with Crippen molar-refractivity contribution >= 4 is 16.8 Å². The number of carbonyl (C=O) groups excluding carboxylic acids is 1. The third kappa shape index (κ3) is 2.63. The van der Waals surface area contributed by atoms with E-state index < -0.39 is 6.04 Å². The average Bonchev–Trinajstić information content (AvgIpc) is 2.44. The molecule has 0 fully saturated rings. The molecule has 2 aromatic rings. The van der Waals surface area contributed by atoms with E-state index in [1.54, 1.807) is 31.2 Å². The standard InChI is InChI=1S/C13H15N3O3/c1-9(12(18)14-6-7-17)16-8-15-11-5-3-2-4-10(11)13(16)19/h2-5,8-9,17H,6-7H2,1H3,(H,14,18). The topological polar surface area (TPSA) is 84.2 Å². The number of aromatic nitrogens is 2. The van der Waals surface area contributed by atoms with Crippen molar-refractivity contribution in [3.8, 4) is 0 Å². The Kier molecular flexibility index (Phi) is 3.91. The van der Waals surface area contributed by atoms with Crippen molar-refractivity contribution in [2.24, 2.45) is 0 Å². The van der Waals surface area contributed by atoms with Crippen LogP contribution in [0.25, 0.3) is 10.9 Å². The van der Waals surface area contributed by atoms with Crippen LogP contribution in [-0.4, -0.2) is 33.7 Å². The molecule has 1 aromatic heterocycles. The lowest BCUT2D eigenvalue weighted by atomic mass is 10.2. The van der Waals surface area contributed by atoms with Crippen molar-refractivity contribution in [2.45, 2.75) is 13.0 Å². The summed E-state index contributed by atoms with van der Waals surface area (Å²) in [6.45, 7) is 1.65. The number of aliphatic hydroxyl groups excluding tert-OH is 1. The molecular formula is C13H15N3O3. The van der Waals surface area contributed by atoms with E-state index in [4.69, 9.17) is 5.11 Å². The molecule has 0 aliphatic rings. The van der Waals surface area contributed by atoms with Crippen molar-refractivity contribution in [3.63, 3.8) is 0 Å². The molecule has 0 saturated heterocycles. The SMILES string of the molecule is CC(C(=O)NCCO)n1cnc2ccccc2c1=O. The van der Waals surface area contributed by atoms with Crippen molar-refractivity contribution < 1.29 is 9.90 Å². The maximum absolute atomic E-state index is 12.2. The molecule has 1 aromatic carbocycles. The Morgan fingerprint density at radius 3 is 2.95 bits per heavy atom. The maximum Gasteiger partial charge on any atom is 0.261 e.